The largest absolute Gasteiger partial charge is 0.352 e. The molecule has 2 rings (SSSR count). The SMILES string of the molecule is Cc1ccc(CCC2(C(=O)N(C)C(CCCCNC(N)=O)C(=O)NO)CC2)cc1. The van der Waals surface area contributed by atoms with Crippen LogP contribution in [0.15, 0.2) is 24.3 Å². The zero-order valence-corrected chi connectivity index (χ0v) is 17.2. The average molecular weight is 405 g/mol. The van der Waals surface area contributed by atoms with Gasteiger partial charge in [-0.2, -0.15) is 0 Å². The van der Waals surface area contributed by atoms with Crippen molar-refractivity contribution >= 4 is 17.8 Å². The van der Waals surface area contributed by atoms with E-state index in [0.29, 0.717) is 25.8 Å². The topological polar surface area (TPSA) is 125 Å². The zero-order valence-electron chi connectivity index (χ0n) is 17.2. The summed E-state index contributed by atoms with van der Waals surface area (Å²) in [5, 5.41) is 11.6. The first-order valence-corrected chi connectivity index (χ1v) is 10.1. The molecule has 1 aromatic rings. The summed E-state index contributed by atoms with van der Waals surface area (Å²) in [7, 11) is 1.62. The number of hydrogen-bond donors (Lipinski definition) is 4. The summed E-state index contributed by atoms with van der Waals surface area (Å²) in [6.07, 6.45) is 4.81. The lowest BCUT2D eigenvalue weighted by Crippen LogP contribution is -2.49. The maximum Gasteiger partial charge on any atom is 0.312 e. The molecule has 5 N–H and O–H groups in total. The molecule has 0 spiro atoms. The molecular formula is C21H32N4O4. The second-order valence-electron chi connectivity index (χ2n) is 7.96. The minimum absolute atomic E-state index is 0.0477. The number of nitrogens with two attached hydrogens (primary N) is 1. The molecule has 160 valence electrons. The number of aryl methyl sites for hydroxylation is 2. The van der Waals surface area contributed by atoms with Gasteiger partial charge in [-0.3, -0.25) is 14.8 Å². The van der Waals surface area contributed by atoms with Crippen LogP contribution in [0.2, 0.25) is 0 Å². The van der Waals surface area contributed by atoms with Crippen LogP contribution in [0.3, 0.4) is 0 Å². The molecule has 0 aliphatic heterocycles. The lowest BCUT2D eigenvalue weighted by Gasteiger charge is -2.30. The van der Waals surface area contributed by atoms with E-state index < -0.39 is 23.4 Å². The van der Waals surface area contributed by atoms with Crippen molar-refractivity contribution in [3.63, 3.8) is 0 Å². The van der Waals surface area contributed by atoms with E-state index in [1.807, 2.05) is 6.92 Å². The fraction of sp³-hybridized carbons (Fsp3) is 0.571. The Hall–Kier alpha value is -2.61. The summed E-state index contributed by atoms with van der Waals surface area (Å²) >= 11 is 0. The predicted molar refractivity (Wildman–Crippen MR) is 109 cm³/mol. The summed E-state index contributed by atoms with van der Waals surface area (Å²) in [4.78, 5) is 37.5. The average Bonchev–Trinajstić information content (AvgIpc) is 3.49. The number of nitrogens with zero attached hydrogens (tertiary/aromatic N) is 1. The van der Waals surface area contributed by atoms with Gasteiger partial charge >= 0.3 is 6.03 Å². The first-order chi connectivity index (χ1) is 13.8. The maximum atomic E-state index is 13.1. The summed E-state index contributed by atoms with van der Waals surface area (Å²) in [6.45, 7) is 2.45. The highest BCUT2D eigenvalue weighted by Gasteiger charge is 2.51. The molecule has 0 saturated heterocycles. The number of primary amides is 1. The van der Waals surface area contributed by atoms with Gasteiger partial charge in [-0.25, -0.2) is 10.3 Å². The van der Waals surface area contributed by atoms with Gasteiger partial charge < -0.3 is 16.0 Å². The Kier molecular flexibility index (Phi) is 8.01. The van der Waals surface area contributed by atoms with Crippen molar-refractivity contribution < 1.29 is 19.6 Å². The second kappa shape index (κ2) is 10.2. The monoisotopic (exact) mass is 404 g/mol. The molecule has 1 fully saturated rings. The molecule has 4 amide bonds. The molecule has 0 radical (unpaired) electrons. The molecule has 1 aliphatic rings. The van der Waals surface area contributed by atoms with E-state index in [0.717, 1.165) is 25.7 Å². The van der Waals surface area contributed by atoms with Gasteiger partial charge in [0.05, 0.1) is 0 Å². The van der Waals surface area contributed by atoms with Crippen molar-refractivity contribution in [3.8, 4) is 0 Å². The lowest BCUT2D eigenvalue weighted by atomic mass is 9.94. The van der Waals surface area contributed by atoms with Crippen LogP contribution >= 0.6 is 0 Å². The molecule has 1 aromatic carbocycles. The Morgan fingerprint density at radius 1 is 1.21 bits per heavy atom. The smallest absolute Gasteiger partial charge is 0.312 e. The van der Waals surface area contributed by atoms with E-state index in [-0.39, 0.29) is 5.91 Å². The van der Waals surface area contributed by atoms with E-state index in [1.165, 1.54) is 16.0 Å². The van der Waals surface area contributed by atoms with Gasteiger partial charge in [-0.05, 0) is 57.4 Å². The number of amides is 4. The number of carbonyl (C=O) groups excluding carboxylic acids is 3. The van der Waals surface area contributed by atoms with Crippen molar-refractivity contribution in [1.29, 1.82) is 0 Å². The minimum atomic E-state index is -0.752. The highest BCUT2D eigenvalue weighted by molar-refractivity contribution is 5.91. The summed E-state index contributed by atoms with van der Waals surface area (Å²) in [6, 6.07) is 6.96. The molecule has 8 nitrogen and oxygen atoms in total. The third kappa shape index (κ3) is 6.45. The molecule has 8 heteroatoms. The number of hydroxylamine groups is 1. The second-order valence-corrected chi connectivity index (χ2v) is 7.96. The van der Waals surface area contributed by atoms with E-state index in [9.17, 15) is 14.4 Å². The van der Waals surface area contributed by atoms with Crippen molar-refractivity contribution in [2.24, 2.45) is 11.1 Å². The Morgan fingerprint density at radius 3 is 2.41 bits per heavy atom. The maximum absolute atomic E-state index is 13.1. The van der Waals surface area contributed by atoms with Crippen molar-refractivity contribution in [2.45, 2.75) is 57.9 Å². The third-order valence-electron chi connectivity index (χ3n) is 5.72. The van der Waals surface area contributed by atoms with E-state index >= 15 is 0 Å². The zero-order chi connectivity index (χ0) is 21.4. The first kappa shape index (κ1) is 22.7. The van der Waals surface area contributed by atoms with Gasteiger partial charge in [0.15, 0.2) is 0 Å². The van der Waals surface area contributed by atoms with Gasteiger partial charge in [0.2, 0.25) is 5.91 Å². The number of hydrogen-bond acceptors (Lipinski definition) is 4. The summed E-state index contributed by atoms with van der Waals surface area (Å²) in [5.41, 5.74) is 8.68. The number of nitrogens with one attached hydrogen (secondary N) is 2. The fourth-order valence-electron chi connectivity index (χ4n) is 3.63. The molecule has 0 heterocycles. The molecule has 1 atom stereocenters. The van der Waals surface area contributed by atoms with Gasteiger partial charge in [0, 0.05) is 19.0 Å². The highest BCUT2D eigenvalue weighted by Crippen LogP contribution is 2.51. The number of carbonyl (C=O) groups is 3. The number of unbranched alkanes of at least 4 members (excludes halogenated alkanes) is 1. The van der Waals surface area contributed by atoms with Gasteiger partial charge in [-0.15, -0.1) is 0 Å². The summed E-state index contributed by atoms with van der Waals surface area (Å²) in [5.74, 6) is -0.647. The molecule has 0 aromatic heterocycles. The number of likely N-dealkylation sites (N-methyl/N-ethyl adjacent to an activating group) is 1. The minimum Gasteiger partial charge on any atom is -0.352 e. The van der Waals surface area contributed by atoms with Crippen LogP contribution in [-0.2, 0) is 16.0 Å². The Labute approximate surface area is 171 Å². The van der Waals surface area contributed by atoms with Crippen molar-refractivity contribution in [1.82, 2.24) is 15.7 Å². The first-order valence-electron chi connectivity index (χ1n) is 10.1. The standard InChI is InChI=1S/C21H32N4O4/c1-15-6-8-16(9-7-15)10-11-21(12-13-21)19(27)25(2)17(18(26)24-29)5-3-4-14-23-20(22)28/h6-9,17,29H,3-5,10-14H2,1-2H3,(H,24,26)(H3,22,23,28). The van der Waals surface area contributed by atoms with E-state index in [2.05, 4.69) is 29.6 Å². The van der Waals surface area contributed by atoms with Crippen LogP contribution in [0, 0.1) is 12.3 Å². The number of urea groups is 1. The predicted octanol–water partition coefficient (Wildman–Crippen LogP) is 1.88. The van der Waals surface area contributed by atoms with Gasteiger partial charge in [0.1, 0.15) is 6.04 Å². The van der Waals surface area contributed by atoms with Crippen LogP contribution in [0.1, 0.15) is 49.7 Å². The molecule has 29 heavy (non-hydrogen) atoms. The van der Waals surface area contributed by atoms with Crippen LogP contribution in [-0.4, -0.2) is 47.6 Å². The van der Waals surface area contributed by atoms with E-state index in [4.69, 9.17) is 10.9 Å². The van der Waals surface area contributed by atoms with E-state index in [1.54, 1.807) is 12.5 Å². The Bertz CT molecular complexity index is 716. The Morgan fingerprint density at radius 2 is 1.86 bits per heavy atom. The van der Waals surface area contributed by atoms with Crippen LogP contribution in [0.5, 0.6) is 0 Å². The normalized spacial score (nSPS) is 15.3. The van der Waals surface area contributed by atoms with Crippen molar-refractivity contribution in [2.75, 3.05) is 13.6 Å². The fourth-order valence-corrected chi connectivity index (χ4v) is 3.63. The Balaban J connectivity index is 1.93. The summed E-state index contributed by atoms with van der Waals surface area (Å²) < 4.78 is 0. The third-order valence-corrected chi connectivity index (χ3v) is 5.72. The lowest BCUT2D eigenvalue weighted by molar-refractivity contribution is -0.146. The number of benzene rings is 1. The molecular weight excluding hydrogens is 372 g/mol. The van der Waals surface area contributed by atoms with Crippen LogP contribution in [0.4, 0.5) is 4.79 Å². The van der Waals surface area contributed by atoms with Crippen LogP contribution < -0.4 is 16.5 Å². The quantitative estimate of drug-likeness (QED) is 0.255. The molecule has 0 bridgehead atoms. The van der Waals surface area contributed by atoms with Gasteiger partial charge in [0.25, 0.3) is 5.91 Å². The van der Waals surface area contributed by atoms with Crippen molar-refractivity contribution in [3.05, 3.63) is 35.4 Å². The van der Waals surface area contributed by atoms with Crippen LogP contribution in [0.25, 0.3) is 0 Å². The molecule has 1 saturated carbocycles. The molecule has 1 unspecified atom stereocenters. The number of rotatable bonds is 11. The highest BCUT2D eigenvalue weighted by atomic mass is 16.5. The molecule has 1 aliphatic carbocycles. The van der Waals surface area contributed by atoms with Gasteiger partial charge in [-0.1, -0.05) is 29.8 Å².